The summed E-state index contributed by atoms with van der Waals surface area (Å²) in [5.74, 6) is 1.51. The van der Waals surface area contributed by atoms with E-state index in [1.54, 1.807) is 11.9 Å². The molecule has 0 saturated carbocycles. The zero-order chi connectivity index (χ0) is 15.5. The molecule has 0 radical (unpaired) electrons. The number of benzene rings is 1. The second-order valence-corrected chi connectivity index (χ2v) is 7.49. The number of hydrogen-bond acceptors (Lipinski definition) is 4. The van der Waals surface area contributed by atoms with Gasteiger partial charge >= 0.3 is 0 Å². The molecule has 1 aromatic carbocycles. The molecule has 0 amide bonds. The van der Waals surface area contributed by atoms with Gasteiger partial charge in [0, 0.05) is 5.57 Å². The lowest BCUT2D eigenvalue weighted by Gasteiger charge is -2.15. The highest BCUT2D eigenvalue weighted by Gasteiger charge is 2.43. The van der Waals surface area contributed by atoms with Crippen LogP contribution in [0.2, 0.25) is 0 Å². The van der Waals surface area contributed by atoms with Crippen molar-refractivity contribution in [3.63, 3.8) is 0 Å². The van der Waals surface area contributed by atoms with Gasteiger partial charge in [-0.1, -0.05) is 34.1 Å². The molecule has 2 aliphatic rings. The van der Waals surface area contributed by atoms with Crippen molar-refractivity contribution in [1.82, 2.24) is 4.31 Å². The molecule has 0 aromatic heterocycles. The summed E-state index contributed by atoms with van der Waals surface area (Å²) in [4.78, 5) is 4.88. The number of halogens is 1. The van der Waals surface area contributed by atoms with Crippen LogP contribution in [0.4, 0.5) is 0 Å². The van der Waals surface area contributed by atoms with Crippen LogP contribution in [0.3, 0.4) is 0 Å². The van der Waals surface area contributed by atoms with Crippen LogP contribution in [0.15, 0.2) is 46.6 Å². The fraction of sp³-hybridized carbons (Fsp3) is 0.375. The van der Waals surface area contributed by atoms with Crippen LogP contribution in [-0.4, -0.2) is 34.4 Å². The Labute approximate surface area is 143 Å². The molecular weight excluding hydrogens is 362 g/mol. The average molecular weight is 381 g/mol. The van der Waals surface area contributed by atoms with Crippen LogP contribution >= 0.6 is 27.9 Å². The summed E-state index contributed by atoms with van der Waals surface area (Å²) < 4.78 is 7.70. The third kappa shape index (κ3) is 3.22. The Morgan fingerprint density at radius 1 is 1.45 bits per heavy atom. The van der Waals surface area contributed by atoms with Crippen molar-refractivity contribution in [2.24, 2.45) is 5.92 Å². The third-order valence-corrected chi connectivity index (χ3v) is 5.34. The lowest BCUT2D eigenvalue weighted by Crippen LogP contribution is -2.72. The van der Waals surface area contributed by atoms with Crippen molar-refractivity contribution >= 4 is 40.0 Å². The molecule has 116 valence electrons. The second-order valence-electron chi connectivity index (χ2n) is 5.22. The predicted molar refractivity (Wildman–Crippen MR) is 93.2 cm³/mol. The van der Waals surface area contributed by atoms with Crippen molar-refractivity contribution in [3.05, 3.63) is 41.7 Å². The Kier molecular flexibility index (Phi) is 4.88. The largest absolute Gasteiger partial charge is 0.481 e. The van der Waals surface area contributed by atoms with Gasteiger partial charge in [0.05, 0.1) is 34.5 Å². The van der Waals surface area contributed by atoms with E-state index in [2.05, 4.69) is 43.6 Å². The van der Waals surface area contributed by atoms with E-state index in [1.807, 2.05) is 25.1 Å². The van der Waals surface area contributed by atoms with Crippen molar-refractivity contribution in [2.45, 2.75) is 23.1 Å². The third-order valence-electron chi connectivity index (χ3n) is 3.71. The van der Waals surface area contributed by atoms with Gasteiger partial charge in [0.2, 0.25) is 0 Å². The first-order valence-corrected chi connectivity index (χ1v) is 9.06. The van der Waals surface area contributed by atoms with Gasteiger partial charge in [-0.2, -0.15) is 4.31 Å². The summed E-state index contributed by atoms with van der Waals surface area (Å²) in [7, 11) is 0. The van der Waals surface area contributed by atoms with Gasteiger partial charge < -0.3 is 4.74 Å². The first kappa shape index (κ1) is 15.6. The standard InChI is InChI=1S/C16H18BrN3OS/c1-2-21-15(18)14-10-20(22-12-6-4-3-5-7-12)16-13(14)8-11(17)9-19-16/h3-7,9,11,14,18H,2,8,10H2,1H3/p+1. The number of nitrogens with one attached hydrogen (secondary N) is 2. The minimum absolute atomic E-state index is 0.0346. The Morgan fingerprint density at radius 2 is 2.23 bits per heavy atom. The summed E-state index contributed by atoms with van der Waals surface area (Å²) in [6.45, 7) is 3.24. The molecule has 2 unspecified atom stereocenters. The summed E-state index contributed by atoms with van der Waals surface area (Å²) in [5, 5.41) is 8.20. The van der Waals surface area contributed by atoms with Gasteiger partial charge in [-0.05, 0) is 25.5 Å². The zero-order valence-corrected chi connectivity index (χ0v) is 14.8. The molecule has 3 rings (SSSR count). The topological polar surface area (TPSA) is 50.3 Å². The van der Waals surface area contributed by atoms with E-state index in [-0.39, 0.29) is 5.92 Å². The summed E-state index contributed by atoms with van der Waals surface area (Å²) in [5.41, 5.74) is 1.26. The maximum absolute atomic E-state index is 8.20. The molecule has 4 nitrogen and oxygen atoms in total. The van der Waals surface area contributed by atoms with Crippen molar-refractivity contribution in [1.29, 1.82) is 5.41 Å². The lowest BCUT2D eigenvalue weighted by molar-refractivity contribution is -0.411. The van der Waals surface area contributed by atoms with E-state index in [4.69, 9.17) is 10.1 Å². The molecule has 0 aliphatic carbocycles. The van der Waals surface area contributed by atoms with Gasteiger partial charge in [-0.3, -0.25) is 5.41 Å². The lowest BCUT2D eigenvalue weighted by atomic mass is 9.96. The fourth-order valence-electron chi connectivity index (χ4n) is 2.72. The summed E-state index contributed by atoms with van der Waals surface area (Å²) in [6.07, 6.45) is 2.97. The van der Waals surface area contributed by atoms with Crippen molar-refractivity contribution in [3.8, 4) is 0 Å². The van der Waals surface area contributed by atoms with E-state index in [0.717, 1.165) is 18.8 Å². The van der Waals surface area contributed by atoms with E-state index in [9.17, 15) is 0 Å². The molecule has 6 heteroatoms. The van der Waals surface area contributed by atoms with Crippen LogP contribution in [0.5, 0.6) is 0 Å². The van der Waals surface area contributed by atoms with Gasteiger partial charge in [0.15, 0.2) is 5.90 Å². The molecule has 2 aliphatic heterocycles. The molecule has 2 N–H and O–H groups in total. The van der Waals surface area contributed by atoms with E-state index >= 15 is 0 Å². The van der Waals surface area contributed by atoms with Gasteiger partial charge in [0.1, 0.15) is 12.5 Å². The van der Waals surface area contributed by atoms with Gasteiger partial charge in [0.25, 0.3) is 5.82 Å². The first-order valence-electron chi connectivity index (χ1n) is 7.37. The normalized spacial score (nSPS) is 23.6. The maximum atomic E-state index is 8.20. The second kappa shape index (κ2) is 6.87. The van der Waals surface area contributed by atoms with E-state index in [1.165, 1.54) is 10.5 Å². The minimum atomic E-state index is 0.0346. The highest BCUT2D eigenvalue weighted by atomic mass is 79.9. The smallest absolute Gasteiger partial charge is 0.286 e. The maximum Gasteiger partial charge on any atom is 0.286 e. The Morgan fingerprint density at radius 3 is 2.95 bits per heavy atom. The molecule has 1 aromatic rings. The Bertz CT molecular complexity index is 617. The summed E-state index contributed by atoms with van der Waals surface area (Å²) in [6, 6.07) is 10.3. The highest BCUT2D eigenvalue weighted by molar-refractivity contribution is 9.09. The fourth-order valence-corrected chi connectivity index (χ4v) is 4.22. The average Bonchev–Trinajstić information content (AvgIpc) is 2.86. The Hall–Kier alpha value is -1.27. The first-order chi connectivity index (χ1) is 10.7. The van der Waals surface area contributed by atoms with Gasteiger partial charge in [-0.25, -0.2) is 4.99 Å². The number of alkyl halides is 1. The van der Waals surface area contributed by atoms with E-state index < -0.39 is 0 Å². The molecule has 2 atom stereocenters. The van der Waals surface area contributed by atoms with Crippen LogP contribution in [0.25, 0.3) is 0 Å². The summed E-state index contributed by atoms with van der Waals surface area (Å²) >= 11 is 5.34. The zero-order valence-electron chi connectivity index (χ0n) is 12.4. The van der Waals surface area contributed by atoms with Crippen molar-refractivity contribution in [2.75, 3.05) is 13.2 Å². The number of nitrogens with zero attached hydrogens (tertiary/aromatic N) is 1. The van der Waals surface area contributed by atoms with E-state index in [0.29, 0.717) is 17.3 Å². The number of rotatable bonds is 4. The van der Waals surface area contributed by atoms with Gasteiger partial charge in [-0.15, -0.1) is 0 Å². The molecule has 0 fully saturated rings. The SMILES string of the molecule is CCOC(=N)C1CN(Sc2ccccc2)C2=C1CC(Br)C=[NH+]2. The number of hydrogen-bond donors (Lipinski definition) is 2. The van der Waals surface area contributed by atoms with Crippen LogP contribution in [-0.2, 0) is 4.74 Å². The molecule has 0 saturated heterocycles. The highest BCUT2D eigenvalue weighted by Crippen LogP contribution is 2.37. The molecular formula is C16H19BrN3OS+. The molecule has 0 bridgehead atoms. The van der Waals surface area contributed by atoms with Crippen LogP contribution in [0.1, 0.15) is 13.3 Å². The number of ether oxygens (including phenoxy) is 1. The van der Waals surface area contributed by atoms with Crippen LogP contribution < -0.4 is 4.99 Å². The van der Waals surface area contributed by atoms with Crippen molar-refractivity contribution < 1.29 is 9.73 Å². The molecule has 2 heterocycles. The molecule has 22 heavy (non-hydrogen) atoms. The van der Waals surface area contributed by atoms with Crippen LogP contribution in [0, 0.1) is 11.3 Å². The quantitative estimate of drug-likeness (QED) is 0.364. The monoisotopic (exact) mass is 380 g/mol. The predicted octanol–water partition coefficient (Wildman–Crippen LogP) is 2.17. The molecule has 0 spiro atoms. The Balaban J connectivity index is 1.84. The minimum Gasteiger partial charge on any atom is -0.481 e.